The summed E-state index contributed by atoms with van der Waals surface area (Å²) < 4.78 is 0. The first-order valence-electron chi connectivity index (χ1n) is 7.63. The Balaban J connectivity index is 2.13. The minimum atomic E-state index is 0.416. The Morgan fingerprint density at radius 3 is 2.35 bits per heavy atom. The quantitative estimate of drug-likeness (QED) is 0.739. The van der Waals surface area contributed by atoms with Crippen LogP contribution >= 0.6 is 0 Å². The summed E-state index contributed by atoms with van der Waals surface area (Å²) in [6.07, 6.45) is 10.7. The lowest BCUT2D eigenvalue weighted by Gasteiger charge is -2.34. The molecule has 0 bridgehead atoms. The highest BCUT2D eigenvalue weighted by Crippen LogP contribution is 2.28. The van der Waals surface area contributed by atoms with Gasteiger partial charge in [0.2, 0.25) is 0 Å². The Bertz CT molecular complexity index is 185. The largest absolute Gasteiger partial charge is 0.328 e. The molecule has 2 N–H and O–H groups in total. The van der Waals surface area contributed by atoms with Crippen LogP contribution < -0.4 is 5.73 Å². The van der Waals surface area contributed by atoms with E-state index in [4.69, 9.17) is 5.73 Å². The third-order valence-electron chi connectivity index (χ3n) is 4.63. The Morgan fingerprint density at radius 2 is 1.82 bits per heavy atom. The highest BCUT2D eigenvalue weighted by molar-refractivity contribution is 4.77. The monoisotopic (exact) mass is 240 g/mol. The standard InChI is InChI=1S/C15H32N2/c1-4-13-8-10-15(11-9-13)17(3)12-6-7-14(16)5-2/h13-15H,4-12,16H2,1-3H3. The van der Waals surface area contributed by atoms with E-state index in [1.54, 1.807) is 0 Å². The van der Waals surface area contributed by atoms with E-state index in [2.05, 4.69) is 25.8 Å². The number of nitrogens with two attached hydrogens (primary N) is 1. The van der Waals surface area contributed by atoms with Crippen molar-refractivity contribution in [3.05, 3.63) is 0 Å². The molecule has 0 aliphatic heterocycles. The molecule has 0 spiro atoms. The molecule has 102 valence electrons. The van der Waals surface area contributed by atoms with Crippen LogP contribution in [0, 0.1) is 5.92 Å². The van der Waals surface area contributed by atoms with Crippen LogP contribution in [0.1, 0.15) is 65.2 Å². The minimum absolute atomic E-state index is 0.416. The van der Waals surface area contributed by atoms with Crippen molar-refractivity contribution in [2.45, 2.75) is 77.3 Å². The zero-order valence-corrected chi connectivity index (χ0v) is 12.1. The third-order valence-corrected chi connectivity index (χ3v) is 4.63. The van der Waals surface area contributed by atoms with Gasteiger partial charge in [0.15, 0.2) is 0 Å². The SMILES string of the molecule is CCC(N)CCCN(C)C1CCC(CC)CC1. The molecule has 1 atom stereocenters. The van der Waals surface area contributed by atoms with Gasteiger partial charge in [0.05, 0.1) is 0 Å². The Labute approximate surface area is 108 Å². The number of rotatable bonds is 7. The van der Waals surface area contributed by atoms with Crippen LogP contribution in [-0.2, 0) is 0 Å². The summed E-state index contributed by atoms with van der Waals surface area (Å²) >= 11 is 0. The lowest BCUT2D eigenvalue weighted by atomic mass is 9.84. The molecular formula is C15H32N2. The maximum atomic E-state index is 5.96. The van der Waals surface area contributed by atoms with Crippen LogP contribution in [0.5, 0.6) is 0 Å². The van der Waals surface area contributed by atoms with Gasteiger partial charge in [-0.3, -0.25) is 0 Å². The van der Waals surface area contributed by atoms with E-state index in [0.29, 0.717) is 6.04 Å². The molecule has 0 amide bonds. The van der Waals surface area contributed by atoms with Crippen LogP contribution in [0.25, 0.3) is 0 Å². The van der Waals surface area contributed by atoms with Gasteiger partial charge in [-0.25, -0.2) is 0 Å². The average molecular weight is 240 g/mol. The molecule has 1 unspecified atom stereocenters. The van der Waals surface area contributed by atoms with Crippen LogP contribution in [0.3, 0.4) is 0 Å². The van der Waals surface area contributed by atoms with Crippen molar-refractivity contribution < 1.29 is 0 Å². The molecule has 1 fully saturated rings. The fraction of sp³-hybridized carbons (Fsp3) is 1.00. The van der Waals surface area contributed by atoms with Crippen LogP contribution in [0.15, 0.2) is 0 Å². The maximum Gasteiger partial charge on any atom is 0.00924 e. The van der Waals surface area contributed by atoms with Crippen LogP contribution in [0.4, 0.5) is 0 Å². The summed E-state index contributed by atoms with van der Waals surface area (Å²) in [4.78, 5) is 2.58. The summed E-state index contributed by atoms with van der Waals surface area (Å²) in [6.45, 7) is 5.75. The second-order valence-electron chi connectivity index (χ2n) is 5.87. The van der Waals surface area contributed by atoms with Crippen LogP contribution in [0.2, 0.25) is 0 Å². The molecule has 0 saturated heterocycles. The molecule has 0 radical (unpaired) electrons. The van der Waals surface area contributed by atoms with Crippen molar-refractivity contribution in [2.24, 2.45) is 11.7 Å². The van der Waals surface area contributed by atoms with E-state index < -0.39 is 0 Å². The molecule has 1 aliphatic carbocycles. The van der Waals surface area contributed by atoms with Crippen LogP contribution in [-0.4, -0.2) is 30.6 Å². The summed E-state index contributed by atoms with van der Waals surface area (Å²) in [5, 5.41) is 0. The van der Waals surface area contributed by atoms with Gasteiger partial charge in [-0.15, -0.1) is 0 Å². The number of nitrogens with zero attached hydrogens (tertiary/aromatic N) is 1. The van der Waals surface area contributed by atoms with Gasteiger partial charge >= 0.3 is 0 Å². The predicted molar refractivity (Wildman–Crippen MR) is 76.2 cm³/mol. The van der Waals surface area contributed by atoms with Crippen molar-refractivity contribution in [3.8, 4) is 0 Å². The molecule has 0 aromatic carbocycles. The maximum absolute atomic E-state index is 5.96. The molecule has 2 heteroatoms. The van der Waals surface area contributed by atoms with Crippen molar-refractivity contribution >= 4 is 0 Å². The summed E-state index contributed by atoms with van der Waals surface area (Å²) in [6, 6.07) is 1.26. The van der Waals surface area contributed by atoms with Gasteiger partial charge in [0.1, 0.15) is 0 Å². The predicted octanol–water partition coefficient (Wildman–Crippen LogP) is 3.40. The second kappa shape index (κ2) is 8.10. The molecule has 0 aromatic heterocycles. The lowest BCUT2D eigenvalue weighted by Crippen LogP contribution is -2.36. The van der Waals surface area contributed by atoms with E-state index in [0.717, 1.165) is 18.4 Å². The van der Waals surface area contributed by atoms with Gasteiger partial charge in [-0.1, -0.05) is 20.3 Å². The summed E-state index contributed by atoms with van der Waals surface area (Å²) in [7, 11) is 2.30. The van der Waals surface area contributed by atoms with Crippen molar-refractivity contribution in [3.63, 3.8) is 0 Å². The number of hydrogen-bond donors (Lipinski definition) is 1. The molecule has 1 rings (SSSR count). The van der Waals surface area contributed by atoms with Crippen molar-refractivity contribution in [1.82, 2.24) is 4.90 Å². The molecule has 2 nitrogen and oxygen atoms in total. The normalized spacial score (nSPS) is 27.4. The molecule has 1 aliphatic rings. The first-order chi connectivity index (χ1) is 8.17. The zero-order valence-electron chi connectivity index (χ0n) is 12.1. The molecule has 1 saturated carbocycles. The molecule has 17 heavy (non-hydrogen) atoms. The van der Waals surface area contributed by atoms with Gasteiger partial charge < -0.3 is 10.6 Å². The van der Waals surface area contributed by atoms with E-state index in [1.165, 1.54) is 51.5 Å². The highest BCUT2D eigenvalue weighted by atomic mass is 15.1. The van der Waals surface area contributed by atoms with Crippen molar-refractivity contribution in [1.29, 1.82) is 0 Å². The smallest absolute Gasteiger partial charge is 0.00924 e. The fourth-order valence-corrected chi connectivity index (χ4v) is 2.98. The summed E-state index contributed by atoms with van der Waals surface area (Å²) in [5.41, 5.74) is 5.96. The Kier molecular flexibility index (Phi) is 7.14. The molecule has 0 heterocycles. The first kappa shape index (κ1) is 15.0. The first-order valence-corrected chi connectivity index (χ1v) is 7.63. The Hall–Kier alpha value is -0.0800. The van der Waals surface area contributed by atoms with Gasteiger partial charge in [0.25, 0.3) is 0 Å². The van der Waals surface area contributed by atoms with E-state index in [9.17, 15) is 0 Å². The van der Waals surface area contributed by atoms with Gasteiger partial charge in [0, 0.05) is 12.1 Å². The lowest BCUT2D eigenvalue weighted by molar-refractivity contribution is 0.160. The molecular weight excluding hydrogens is 208 g/mol. The van der Waals surface area contributed by atoms with Gasteiger partial charge in [-0.2, -0.15) is 0 Å². The number of hydrogen-bond acceptors (Lipinski definition) is 2. The van der Waals surface area contributed by atoms with E-state index in [-0.39, 0.29) is 0 Å². The average Bonchev–Trinajstić information content (AvgIpc) is 2.38. The topological polar surface area (TPSA) is 29.3 Å². The highest BCUT2D eigenvalue weighted by Gasteiger charge is 2.22. The minimum Gasteiger partial charge on any atom is -0.328 e. The van der Waals surface area contributed by atoms with E-state index >= 15 is 0 Å². The summed E-state index contributed by atoms with van der Waals surface area (Å²) in [5.74, 6) is 1.01. The molecule has 0 aromatic rings. The van der Waals surface area contributed by atoms with Crippen molar-refractivity contribution in [2.75, 3.05) is 13.6 Å². The second-order valence-corrected chi connectivity index (χ2v) is 5.87. The Morgan fingerprint density at radius 1 is 1.18 bits per heavy atom. The third kappa shape index (κ3) is 5.39. The van der Waals surface area contributed by atoms with Gasteiger partial charge in [-0.05, 0) is 64.5 Å². The fourth-order valence-electron chi connectivity index (χ4n) is 2.98. The van der Waals surface area contributed by atoms with E-state index in [1.807, 2.05) is 0 Å². The zero-order chi connectivity index (χ0) is 12.7.